The van der Waals surface area contributed by atoms with Gasteiger partial charge in [0.25, 0.3) is 0 Å². The van der Waals surface area contributed by atoms with E-state index in [1.165, 1.54) is 0 Å². The van der Waals surface area contributed by atoms with Crippen LogP contribution in [0.15, 0.2) is 42.5 Å². The molecule has 2 aromatic rings. The molecule has 0 atom stereocenters. The van der Waals surface area contributed by atoms with Gasteiger partial charge in [-0.3, -0.25) is 0 Å². The minimum absolute atomic E-state index is 0.514. The van der Waals surface area contributed by atoms with Crippen LogP contribution >= 0.6 is 23.2 Å². The molecule has 0 aliphatic heterocycles. The maximum Gasteiger partial charge on any atom is 0.130 e. The number of hydrogen-bond acceptors (Lipinski definition) is 1. The molecule has 2 aromatic carbocycles. The number of hydrogen-bond donors (Lipinski definition) is 0. The summed E-state index contributed by atoms with van der Waals surface area (Å²) >= 11 is 11.6. The van der Waals surface area contributed by atoms with E-state index in [4.69, 9.17) is 27.9 Å². The van der Waals surface area contributed by atoms with E-state index in [0.29, 0.717) is 10.9 Å². The lowest BCUT2D eigenvalue weighted by Gasteiger charge is -2.09. The quantitative estimate of drug-likeness (QED) is 0.696. The molecule has 0 N–H and O–H groups in total. The average Bonchev–Trinajstić information content (AvgIpc) is 2.34. The van der Waals surface area contributed by atoms with Gasteiger partial charge in [-0.05, 0) is 48.4 Å². The first kappa shape index (κ1) is 12.3. The molecule has 2 rings (SSSR count). The lowest BCUT2D eigenvalue weighted by atomic mass is 10.2. The molecule has 1 nitrogen and oxygen atoms in total. The van der Waals surface area contributed by atoms with Crippen molar-refractivity contribution >= 4 is 23.2 Å². The Morgan fingerprint density at radius 3 is 2.35 bits per heavy atom. The third-order valence-electron chi connectivity index (χ3n) is 2.44. The summed E-state index contributed by atoms with van der Waals surface area (Å²) in [6.45, 7) is 1.97. The Labute approximate surface area is 111 Å². The van der Waals surface area contributed by atoms with Crippen molar-refractivity contribution in [1.29, 1.82) is 0 Å². The summed E-state index contributed by atoms with van der Waals surface area (Å²) < 4.78 is 5.76. The standard InChI is InChI=1S/C14H12Cl2O/c1-10-8-12(16)4-7-14(10)17-13-5-2-11(9-15)3-6-13/h2-8H,9H2,1H3. The van der Waals surface area contributed by atoms with E-state index in [0.717, 1.165) is 22.6 Å². The predicted octanol–water partition coefficient (Wildman–Crippen LogP) is 5.18. The van der Waals surface area contributed by atoms with Gasteiger partial charge in [0.15, 0.2) is 0 Å². The monoisotopic (exact) mass is 266 g/mol. The molecule has 0 saturated carbocycles. The molecule has 0 amide bonds. The Morgan fingerprint density at radius 2 is 1.76 bits per heavy atom. The van der Waals surface area contributed by atoms with Gasteiger partial charge in [0, 0.05) is 10.9 Å². The maximum absolute atomic E-state index is 5.89. The summed E-state index contributed by atoms with van der Waals surface area (Å²) in [4.78, 5) is 0. The Morgan fingerprint density at radius 1 is 1.06 bits per heavy atom. The molecule has 17 heavy (non-hydrogen) atoms. The van der Waals surface area contributed by atoms with Crippen LogP contribution in [-0.2, 0) is 5.88 Å². The maximum atomic E-state index is 5.89. The van der Waals surface area contributed by atoms with Gasteiger partial charge >= 0.3 is 0 Å². The summed E-state index contributed by atoms with van der Waals surface area (Å²) in [7, 11) is 0. The van der Waals surface area contributed by atoms with E-state index in [1.54, 1.807) is 0 Å². The number of halogens is 2. The van der Waals surface area contributed by atoms with Crippen LogP contribution in [0, 0.1) is 6.92 Å². The Kier molecular flexibility index (Phi) is 3.93. The average molecular weight is 267 g/mol. The van der Waals surface area contributed by atoms with E-state index in [2.05, 4.69) is 0 Å². The molecule has 0 saturated heterocycles. The molecule has 0 bridgehead atoms. The fourth-order valence-corrected chi connectivity index (χ4v) is 1.91. The van der Waals surface area contributed by atoms with Crippen molar-refractivity contribution in [2.24, 2.45) is 0 Å². The van der Waals surface area contributed by atoms with Gasteiger partial charge in [0.2, 0.25) is 0 Å². The molecule has 0 aliphatic carbocycles. The van der Waals surface area contributed by atoms with Gasteiger partial charge < -0.3 is 4.74 Å². The largest absolute Gasteiger partial charge is 0.457 e. The first-order chi connectivity index (χ1) is 8.19. The normalized spacial score (nSPS) is 10.3. The number of ether oxygens (including phenoxy) is 1. The molecule has 0 fully saturated rings. The zero-order valence-electron chi connectivity index (χ0n) is 9.41. The highest BCUT2D eigenvalue weighted by atomic mass is 35.5. The molecule has 0 aliphatic rings. The summed E-state index contributed by atoms with van der Waals surface area (Å²) in [6.07, 6.45) is 0. The van der Waals surface area contributed by atoms with Crippen molar-refractivity contribution in [3.8, 4) is 11.5 Å². The first-order valence-corrected chi connectivity index (χ1v) is 6.19. The Bertz CT molecular complexity index is 506. The smallest absolute Gasteiger partial charge is 0.130 e. The fourth-order valence-electron chi connectivity index (χ4n) is 1.50. The Hall–Kier alpha value is -1.18. The number of alkyl halides is 1. The number of benzene rings is 2. The van der Waals surface area contributed by atoms with Gasteiger partial charge in [-0.25, -0.2) is 0 Å². The topological polar surface area (TPSA) is 9.23 Å². The molecule has 0 spiro atoms. The fraction of sp³-hybridized carbons (Fsp3) is 0.143. The van der Waals surface area contributed by atoms with Crippen LogP contribution in [0.1, 0.15) is 11.1 Å². The van der Waals surface area contributed by atoms with E-state index in [9.17, 15) is 0 Å². The van der Waals surface area contributed by atoms with Crippen LogP contribution in [0.4, 0.5) is 0 Å². The van der Waals surface area contributed by atoms with Crippen molar-refractivity contribution in [2.45, 2.75) is 12.8 Å². The third-order valence-corrected chi connectivity index (χ3v) is 2.99. The summed E-state index contributed by atoms with van der Waals surface area (Å²) in [5.74, 6) is 2.12. The molecule has 0 heterocycles. The lowest BCUT2D eigenvalue weighted by Crippen LogP contribution is -1.87. The first-order valence-electron chi connectivity index (χ1n) is 5.28. The second-order valence-corrected chi connectivity index (χ2v) is 4.49. The minimum atomic E-state index is 0.514. The van der Waals surface area contributed by atoms with Crippen molar-refractivity contribution in [3.05, 3.63) is 58.6 Å². The van der Waals surface area contributed by atoms with Crippen molar-refractivity contribution in [3.63, 3.8) is 0 Å². The third kappa shape index (κ3) is 3.15. The molecule has 0 radical (unpaired) electrons. The summed E-state index contributed by atoms with van der Waals surface area (Å²) in [5, 5.41) is 0.715. The number of rotatable bonds is 3. The molecule has 0 unspecified atom stereocenters. The molecular formula is C14H12Cl2O. The van der Waals surface area contributed by atoms with Crippen molar-refractivity contribution < 1.29 is 4.74 Å². The highest BCUT2D eigenvalue weighted by Crippen LogP contribution is 2.27. The second-order valence-electron chi connectivity index (χ2n) is 3.79. The highest BCUT2D eigenvalue weighted by Gasteiger charge is 2.02. The summed E-state index contributed by atoms with van der Waals surface area (Å²) in [5.41, 5.74) is 2.09. The molecule has 88 valence electrons. The van der Waals surface area contributed by atoms with Crippen LogP contribution in [0.5, 0.6) is 11.5 Å². The zero-order chi connectivity index (χ0) is 12.3. The van der Waals surface area contributed by atoms with Crippen LogP contribution in [0.2, 0.25) is 5.02 Å². The van der Waals surface area contributed by atoms with Crippen molar-refractivity contribution in [1.82, 2.24) is 0 Å². The van der Waals surface area contributed by atoms with Gasteiger partial charge in [-0.15, -0.1) is 11.6 Å². The van der Waals surface area contributed by atoms with E-state index in [-0.39, 0.29) is 0 Å². The van der Waals surface area contributed by atoms with Gasteiger partial charge in [-0.1, -0.05) is 23.7 Å². The van der Waals surface area contributed by atoms with E-state index in [1.807, 2.05) is 49.4 Å². The Balaban J connectivity index is 2.19. The lowest BCUT2D eigenvalue weighted by molar-refractivity contribution is 0.479. The summed E-state index contributed by atoms with van der Waals surface area (Å²) in [6, 6.07) is 13.3. The molecular weight excluding hydrogens is 255 g/mol. The van der Waals surface area contributed by atoms with Gasteiger partial charge in [-0.2, -0.15) is 0 Å². The van der Waals surface area contributed by atoms with Crippen LogP contribution in [0.3, 0.4) is 0 Å². The van der Waals surface area contributed by atoms with Crippen molar-refractivity contribution in [2.75, 3.05) is 0 Å². The van der Waals surface area contributed by atoms with Crippen LogP contribution < -0.4 is 4.74 Å². The number of aryl methyl sites for hydroxylation is 1. The second kappa shape index (κ2) is 5.44. The molecule has 0 aromatic heterocycles. The predicted molar refractivity (Wildman–Crippen MR) is 72.3 cm³/mol. The van der Waals surface area contributed by atoms with Crippen LogP contribution in [-0.4, -0.2) is 0 Å². The van der Waals surface area contributed by atoms with Crippen LogP contribution in [0.25, 0.3) is 0 Å². The van der Waals surface area contributed by atoms with E-state index >= 15 is 0 Å². The van der Waals surface area contributed by atoms with Gasteiger partial charge in [0.1, 0.15) is 11.5 Å². The van der Waals surface area contributed by atoms with Gasteiger partial charge in [0.05, 0.1) is 0 Å². The highest BCUT2D eigenvalue weighted by molar-refractivity contribution is 6.30. The molecule has 3 heteroatoms. The van der Waals surface area contributed by atoms with E-state index < -0.39 is 0 Å². The zero-order valence-corrected chi connectivity index (χ0v) is 10.9. The SMILES string of the molecule is Cc1cc(Cl)ccc1Oc1ccc(CCl)cc1. The minimum Gasteiger partial charge on any atom is -0.457 e.